The normalized spacial score (nSPS) is 20.5. The van der Waals surface area contributed by atoms with Gasteiger partial charge in [-0.05, 0) is 46.2 Å². The van der Waals surface area contributed by atoms with Gasteiger partial charge in [0, 0.05) is 0 Å². The van der Waals surface area contributed by atoms with Crippen molar-refractivity contribution in [2.24, 2.45) is 0 Å². The molecule has 0 N–H and O–H groups in total. The summed E-state index contributed by atoms with van der Waals surface area (Å²) in [5, 5.41) is 0. The maximum Gasteiger partial charge on any atom is 0.0548 e. The van der Waals surface area contributed by atoms with Gasteiger partial charge in [-0.2, -0.15) is 0 Å². The van der Waals surface area contributed by atoms with Gasteiger partial charge in [0.2, 0.25) is 0 Å². The van der Waals surface area contributed by atoms with E-state index in [0.717, 1.165) is 0 Å². The minimum Gasteiger partial charge on any atom is -0.0803 e. The van der Waals surface area contributed by atoms with Crippen molar-refractivity contribution < 1.29 is 0 Å². The van der Waals surface area contributed by atoms with Gasteiger partial charge in [-0.1, -0.05) is 124 Å². The molecule has 0 bridgehead atoms. The first kappa shape index (κ1) is 21.3. The lowest BCUT2D eigenvalue weighted by atomic mass is 9.97. The van der Waals surface area contributed by atoms with Crippen LogP contribution < -0.4 is 0 Å². The van der Waals surface area contributed by atoms with Gasteiger partial charge < -0.3 is 0 Å². The summed E-state index contributed by atoms with van der Waals surface area (Å²) >= 11 is 0. The minimum absolute atomic E-state index is 0.624. The molecule has 2 atom stereocenters. The minimum atomic E-state index is -1.54. The van der Waals surface area contributed by atoms with Crippen molar-refractivity contribution in [1.82, 2.24) is 0 Å². The molecule has 2 unspecified atom stereocenters. The molecule has 0 aromatic heterocycles. The van der Waals surface area contributed by atoms with Crippen molar-refractivity contribution in [2.45, 2.75) is 63.5 Å². The number of allylic oxidation sites excluding steroid dienone is 5. The second-order valence-corrected chi connectivity index (χ2v) is 26.1. The summed E-state index contributed by atoms with van der Waals surface area (Å²) in [6, 6.07) is 17.8. The summed E-state index contributed by atoms with van der Waals surface area (Å²) in [4.78, 5) is 0. The Morgan fingerprint density at radius 1 is 0.800 bits per heavy atom. The van der Waals surface area contributed by atoms with E-state index in [9.17, 15) is 0 Å². The number of fused-ring (bicyclic) bond motifs is 1. The van der Waals surface area contributed by atoms with Gasteiger partial charge in [0.25, 0.3) is 0 Å². The van der Waals surface area contributed by atoms with Crippen LogP contribution >= 0.6 is 0 Å². The van der Waals surface area contributed by atoms with Crippen LogP contribution in [0.15, 0.2) is 78.4 Å². The van der Waals surface area contributed by atoms with E-state index in [0.29, 0.717) is 11.1 Å². The lowest BCUT2D eigenvalue weighted by molar-refractivity contribution is 0.798. The van der Waals surface area contributed by atoms with Crippen LogP contribution in [0, 0.1) is 0 Å². The molecule has 156 valence electrons. The summed E-state index contributed by atoms with van der Waals surface area (Å²) in [6.45, 7) is 13.0. The predicted octanol–water partition coefficient (Wildman–Crippen LogP) is 8.56. The molecule has 0 amide bonds. The van der Waals surface area contributed by atoms with Crippen LogP contribution in [-0.4, -0.2) is 15.2 Å². The first-order valence-corrected chi connectivity index (χ1v) is 18.8. The lowest BCUT2D eigenvalue weighted by Gasteiger charge is -2.45. The monoisotopic (exact) mass is 428 g/mol. The highest BCUT2D eigenvalue weighted by molar-refractivity contribution is 7.42. The second kappa shape index (κ2) is 8.32. The molecule has 0 nitrogen and oxygen atoms in total. The fourth-order valence-electron chi connectivity index (χ4n) is 5.23. The number of rotatable bonds is 7. The highest BCUT2D eigenvalue weighted by Crippen LogP contribution is 2.48. The van der Waals surface area contributed by atoms with Crippen LogP contribution in [0.2, 0.25) is 31.7 Å². The van der Waals surface area contributed by atoms with Crippen molar-refractivity contribution in [3.63, 3.8) is 0 Å². The second-order valence-electron chi connectivity index (χ2n) is 10.2. The molecule has 30 heavy (non-hydrogen) atoms. The third-order valence-electron chi connectivity index (χ3n) is 8.02. The fourth-order valence-corrected chi connectivity index (χ4v) is 16.0. The summed E-state index contributed by atoms with van der Waals surface area (Å²) in [6.07, 6.45) is 16.4. The topological polar surface area (TPSA) is 0 Å². The van der Waals surface area contributed by atoms with E-state index in [2.05, 4.69) is 112 Å². The Bertz CT molecular complexity index is 993. The average Bonchev–Trinajstić information content (AvgIpc) is 3.40. The van der Waals surface area contributed by atoms with Crippen LogP contribution in [0.4, 0.5) is 0 Å². The number of hydrogen-bond acceptors (Lipinski definition) is 0. The Kier molecular flexibility index (Phi) is 5.91. The molecule has 0 aliphatic heterocycles. The highest BCUT2D eigenvalue weighted by Gasteiger charge is 2.50. The first-order valence-electron chi connectivity index (χ1n) is 11.6. The molecule has 2 aromatic carbocycles. The van der Waals surface area contributed by atoms with Crippen LogP contribution in [-0.2, 0) is 0 Å². The van der Waals surface area contributed by atoms with Crippen molar-refractivity contribution in [3.8, 4) is 11.1 Å². The molecule has 0 spiro atoms. The van der Waals surface area contributed by atoms with Crippen LogP contribution in [0.5, 0.6) is 0 Å². The number of hydrogen-bond donors (Lipinski definition) is 0. The van der Waals surface area contributed by atoms with Gasteiger partial charge in [-0.15, -0.1) is 0 Å². The SMILES string of the molecule is CCCCC1=CC([Si](C)(C)[Si](C)(C)C2C=Cc3c(-c4ccccc4)cccc32)C=C1. The van der Waals surface area contributed by atoms with Gasteiger partial charge in [-0.3, -0.25) is 0 Å². The Hall–Kier alpha value is -1.91. The van der Waals surface area contributed by atoms with E-state index < -0.39 is 15.2 Å². The maximum absolute atomic E-state index is 2.67. The Morgan fingerprint density at radius 2 is 1.57 bits per heavy atom. The molecule has 4 rings (SSSR count). The summed E-state index contributed by atoms with van der Waals surface area (Å²) < 4.78 is 0. The highest BCUT2D eigenvalue weighted by atomic mass is 29.3. The first-order chi connectivity index (χ1) is 14.4. The van der Waals surface area contributed by atoms with Crippen molar-refractivity contribution >= 4 is 21.3 Å². The zero-order valence-electron chi connectivity index (χ0n) is 19.3. The molecular weight excluding hydrogens is 392 g/mol. The Morgan fingerprint density at radius 3 is 2.30 bits per heavy atom. The van der Waals surface area contributed by atoms with Crippen molar-refractivity contribution in [1.29, 1.82) is 0 Å². The molecule has 2 aliphatic carbocycles. The molecule has 0 saturated heterocycles. The predicted molar refractivity (Wildman–Crippen MR) is 139 cm³/mol. The third kappa shape index (κ3) is 3.65. The van der Waals surface area contributed by atoms with E-state index in [-0.39, 0.29) is 0 Å². The zero-order valence-corrected chi connectivity index (χ0v) is 21.3. The number of benzene rings is 2. The van der Waals surface area contributed by atoms with Crippen LogP contribution in [0.3, 0.4) is 0 Å². The standard InChI is InChI=1S/C28H36Si2/c1-6-7-12-22-17-18-24(21-22)29(2,3)30(4,5)28-20-19-26-25(15-11-16-27(26)28)23-13-9-8-10-14-23/h8-11,13-21,24,28H,6-7,12H2,1-5H3. The third-order valence-corrected chi connectivity index (χ3v) is 27.3. The van der Waals surface area contributed by atoms with Crippen molar-refractivity contribution in [3.05, 3.63) is 89.5 Å². The summed E-state index contributed by atoms with van der Waals surface area (Å²) in [5.74, 6) is 0. The summed E-state index contributed by atoms with van der Waals surface area (Å²) in [5.41, 5.74) is 8.66. The zero-order chi connectivity index (χ0) is 21.4. The molecule has 0 fully saturated rings. The lowest BCUT2D eigenvalue weighted by Crippen LogP contribution is -2.60. The molecule has 2 aliphatic rings. The van der Waals surface area contributed by atoms with Gasteiger partial charge in [0.05, 0.1) is 15.2 Å². The van der Waals surface area contributed by atoms with Gasteiger partial charge >= 0.3 is 0 Å². The summed E-state index contributed by atoms with van der Waals surface area (Å²) in [7, 11) is -3.03. The largest absolute Gasteiger partial charge is 0.0803 e. The van der Waals surface area contributed by atoms with E-state index in [1.807, 2.05) is 0 Å². The van der Waals surface area contributed by atoms with Gasteiger partial charge in [0.15, 0.2) is 0 Å². The molecular formula is C28H36Si2. The van der Waals surface area contributed by atoms with Crippen LogP contribution in [0.1, 0.15) is 42.9 Å². The van der Waals surface area contributed by atoms with E-state index in [1.54, 1.807) is 11.1 Å². The Balaban J connectivity index is 1.65. The number of unbranched alkanes of at least 4 members (excludes halogenated alkanes) is 1. The fraction of sp³-hybridized carbons (Fsp3) is 0.357. The van der Waals surface area contributed by atoms with E-state index >= 15 is 0 Å². The van der Waals surface area contributed by atoms with Crippen molar-refractivity contribution in [2.75, 3.05) is 0 Å². The molecule has 2 aromatic rings. The maximum atomic E-state index is 2.67. The average molecular weight is 429 g/mol. The molecule has 2 heteroatoms. The smallest absolute Gasteiger partial charge is 0.0548 e. The van der Waals surface area contributed by atoms with E-state index in [1.165, 1.54) is 36.0 Å². The Labute approximate surface area is 185 Å². The van der Waals surface area contributed by atoms with Crippen LogP contribution in [0.25, 0.3) is 17.2 Å². The van der Waals surface area contributed by atoms with Gasteiger partial charge in [-0.25, -0.2) is 0 Å². The van der Waals surface area contributed by atoms with Gasteiger partial charge in [0.1, 0.15) is 0 Å². The van der Waals surface area contributed by atoms with E-state index in [4.69, 9.17) is 0 Å². The molecule has 0 radical (unpaired) electrons. The quantitative estimate of drug-likeness (QED) is 0.387. The molecule has 0 heterocycles. The molecule has 0 saturated carbocycles.